The maximum absolute atomic E-state index is 9.07. The third-order valence-corrected chi connectivity index (χ3v) is 3.45. The molecule has 23 heavy (non-hydrogen) atoms. The average molecular weight is 316 g/mol. The van der Waals surface area contributed by atoms with Gasteiger partial charge in [-0.15, -0.1) is 0 Å². The van der Waals surface area contributed by atoms with Crippen molar-refractivity contribution in [2.75, 3.05) is 0 Å². The van der Waals surface area contributed by atoms with Crippen molar-refractivity contribution in [1.29, 1.82) is 0 Å². The van der Waals surface area contributed by atoms with Crippen molar-refractivity contribution in [2.45, 2.75) is 60.0 Å². The molecule has 0 heterocycles. The van der Waals surface area contributed by atoms with Crippen LogP contribution in [-0.2, 0) is 13.0 Å². The number of aryl methyl sites for hydroxylation is 2. The third kappa shape index (κ3) is 9.04. The summed E-state index contributed by atoms with van der Waals surface area (Å²) >= 11 is 0. The summed E-state index contributed by atoms with van der Waals surface area (Å²) in [6, 6.07) is 15.4. The van der Waals surface area contributed by atoms with E-state index in [-0.39, 0.29) is 6.61 Å². The second-order valence-electron chi connectivity index (χ2n) is 5.17. The van der Waals surface area contributed by atoms with Crippen LogP contribution in [0.1, 0.15) is 56.7 Å². The van der Waals surface area contributed by atoms with Crippen LogP contribution in [0.25, 0.3) is 0 Å². The molecule has 0 radical (unpaired) electrons. The fraction of sp³-hybridized carbons (Fsp3) is 0.429. The second-order valence-corrected chi connectivity index (χ2v) is 5.17. The molecule has 0 amide bonds. The van der Waals surface area contributed by atoms with E-state index in [2.05, 4.69) is 13.0 Å². The van der Waals surface area contributed by atoms with Gasteiger partial charge in [0.2, 0.25) is 0 Å². The fourth-order valence-electron chi connectivity index (χ4n) is 2.08. The number of hydrogen-bond acceptors (Lipinski definition) is 2. The van der Waals surface area contributed by atoms with Gasteiger partial charge in [-0.3, -0.25) is 0 Å². The van der Waals surface area contributed by atoms with E-state index in [1.807, 2.05) is 57.2 Å². The largest absolute Gasteiger partial charge is 0.508 e. The zero-order valence-electron chi connectivity index (χ0n) is 15.0. The molecule has 0 saturated heterocycles. The molecule has 0 spiro atoms. The average Bonchev–Trinajstić information content (AvgIpc) is 2.60. The van der Waals surface area contributed by atoms with Gasteiger partial charge in [0, 0.05) is 0 Å². The van der Waals surface area contributed by atoms with E-state index in [0.29, 0.717) is 5.75 Å². The number of aliphatic hydroxyl groups excluding tert-OH is 1. The van der Waals surface area contributed by atoms with Crippen LogP contribution in [0, 0.1) is 6.92 Å². The van der Waals surface area contributed by atoms with Crippen LogP contribution in [-0.4, -0.2) is 10.2 Å². The first-order valence-electron chi connectivity index (χ1n) is 8.61. The van der Waals surface area contributed by atoms with Crippen LogP contribution >= 0.6 is 0 Å². The monoisotopic (exact) mass is 316 g/mol. The lowest BCUT2D eigenvalue weighted by atomic mass is 10.0. The molecule has 0 saturated carbocycles. The number of rotatable bonds is 5. The molecular weight excluding hydrogens is 284 g/mol. The quantitative estimate of drug-likeness (QED) is 0.701. The first-order valence-corrected chi connectivity index (χ1v) is 8.61. The minimum Gasteiger partial charge on any atom is -0.508 e. The summed E-state index contributed by atoms with van der Waals surface area (Å²) in [6.45, 7) is 8.25. The van der Waals surface area contributed by atoms with Crippen molar-refractivity contribution in [3.63, 3.8) is 0 Å². The topological polar surface area (TPSA) is 40.5 Å². The molecule has 0 aliphatic carbocycles. The number of aromatic hydroxyl groups is 1. The zero-order chi connectivity index (χ0) is 17.5. The number of phenols is 1. The summed E-state index contributed by atoms with van der Waals surface area (Å²) in [4.78, 5) is 0. The summed E-state index contributed by atoms with van der Waals surface area (Å²) in [5, 5.41) is 18.0. The number of phenolic OH excluding ortho intramolecular Hbond substituents is 1. The molecule has 2 aromatic carbocycles. The number of hydrogen-bond donors (Lipinski definition) is 2. The Balaban J connectivity index is 0.000000414. The van der Waals surface area contributed by atoms with E-state index in [1.165, 1.54) is 24.8 Å². The predicted molar refractivity (Wildman–Crippen MR) is 99.8 cm³/mol. The lowest BCUT2D eigenvalue weighted by molar-refractivity contribution is 0.280. The Morgan fingerprint density at radius 3 is 1.87 bits per heavy atom. The standard InChI is InChI=1S/C12H18O.C7H8O.C2H6/c1-2-3-4-7-11-8-5-6-9-12(11)10-13;1-6-4-2-3-5-7(6)8;1-2/h5-6,8-9,13H,2-4,7,10H2,1H3;2-5,8H,1H3;1-2H3. The normalized spacial score (nSPS) is 9.26. The molecule has 2 nitrogen and oxygen atoms in total. The number of benzene rings is 2. The Kier molecular flexibility index (Phi) is 12.8. The Hall–Kier alpha value is -1.80. The molecule has 0 bridgehead atoms. The fourth-order valence-corrected chi connectivity index (χ4v) is 2.08. The highest BCUT2D eigenvalue weighted by atomic mass is 16.3. The molecule has 0 fully saturated rings. The molecule has 0 aromatic heterocycles. The molecule has 2 N–H and O–H groups in total. The first kappa shape index (κ1) is 21.2. The van der Waals surface area contributed by atoms with E-state index in [0.717, 1.165) is 17.5 Å². The lowest BCUT2D eigenvalue weighted by Gasteiger charge is -2.05. The maximum Gasteiger partial charge on any atom is 0.118 e. The minimum absolute atomic E-state index is 0.169. The molecule has 2 rings (SSSR count). The minimum atomic E-state index is 0.169. The third-order valence-electron chi connectivity index (χ3n) is 3.45. The van der Waals surface area contributed by atoms with Crippen LogP contribution in [0.4, 0.5) is 0 Å². The summed E-state index contributed by atoms with van der Waals surface area (Å²) in [6.07, 6.45) is 4.86. The van der Waals surface area contributed by atoms with Gasteiger partial charge in [0.15, 0.2) is 0 Å². The van der Waals surface area contributed by atoms with Crippen LogP contribution < -0.4 is 0 Å². The highest BCUT2D eigenvalue weighted by molar-refractivity contribution is 5.29. The van der Waals surface area contributed by atoms with Gasteiger partial charge in [-0.05, 0) is 42.5 Å². The molecule has 2 aromatic rings. The Labute approximate surface area is 141 Å². The highest BCUT2D eigenvalue weighted by Crippen LogP contribution is 2.13. The van der Waals surface area contributed by atoms with Crippen LogP contribution in [0.3, 0.4) is 0 Å². The van der Waals surface area contributed by atoms with Gasteiger partial charge in [-0.1, -0.05) is 76.1 Å². The van der Waals surface area contributed by atoms with E-state index in [9.17, 15) is 0 Å². The molecule has 0 aliphatic rings. The lowest BCUT2D eigenvalue weighted by Crippen LogP contribution is -1.93. The number of unbranched alkanes of at least 4 members (excludes halogenated alkanes) is 2. The molecule has 0 aliphatic heterocycles. The van der Waals surface area contributed by atoms with Crippen molar-refractivity contribution in [2.24, 2.45) is 0 Å². The highest BCUT2D eigenvalue weighted by Gasteiger charge is 1.98. The van der Waals surface area contributed by atoms with Crippen molar-refractivity contribution in [1.82, 2.24) is 0 Å². The van der Waals surface area contributed by atoms with E-state index < -0.39 is 0 Å². The van der Waals surface area contributed by atoms with Crippen molar-refractivity contribution >= 4 is 0 Å². The van der Waals surface area contributed by atoms with Crippen molar-refractivity contribution < 1.29 is 10.2 Å². The van der Waals surface area contributed by atoms with Gasteiger partial charge >= 0.3 is 0 Å². The van der Waals surface area contributed by atoms with Gasteiger partial charge in [0.25, 0.3) is 0 Å². The summed E-state index contributed by atoms with van der Waals surface area (Å²) in [7, 11) is 0. The molecular formula is C21H32O2. The number of aliphatic hydroxyl groups is 1. The Morgan fingerprint density at radius 2 is 1.39 bits per heavy atom. The van der Waals surface area contributed by atoms with Gasteiger partial charge in [-0.25, -0.2) is 0 Å². The first-order chi connectivity index (χ1) is 11.2. The number of para-hydroxylation sites is 1. The Bertz CT molecular complexity index is 500. The molecule has 0 atom stereocenters. The van der Waals surface area contributed by atoms with E-state index in [4.69, 9.17) is 10.2 Å². The van der Waals surface area contributed by atoms with Gasteiger partial charge in [0.05, 0.1) is 6.61 Å². The second kappa shape index (κ2) is 13.8. The van der Waals surface area contributed by atoms with Crippen molar-refractivity contribution in [3.05, 3.63) is 65.2 Å². The van der Waals surface area contributed by atoms with Gasteiger partial charge < -0.3 is 10.2 Å². The predicted octanol–water partition coefficient (Wildman–Crippen LogP) is 5.64. The Morgan fingerprint density at radius 1 is 0.826 bits per heavy atom. The maximum atomic E-state index is 9.07. The van der Waals surface area contributed by atoms with E-state index in [1.54, 1.807) is 6.07 Å². The molecule has 128 valence electrons. The van der Waals surface area contributed by atoms with Crippen molar-refractivity contribution in [3.8, 4) is 5.75 Å². The summed E-state index contributed by atoms with van der Waals surface area (Å²) < 4.78 is 0. The van der Waals surface area contributed by atoms with Gasteiger partial charge in [-0.2, -0.15) is 0 Å². The van der Waals surface area contributed by atoms with Crippen LogP contribution in [0.5, 0.6) is 5.75 Å². The van der Waals surface area contributed by atoms with Crippen LogP contribution in [0.15, 0.2) is 48.5 Å². The van der Waals surface area contributed by atoms with E-state index >= 15 is 0 Å². The van der Waals surface area contributed by atoms with Gasteiger partial charge in [0.1, 0.15) is 5.75 Å². The smallest absolute Gasteiger partial charge is 0.118 e. The zero-order valence-corrected chi connectivity index (χ0v) is 15.0. The summed E-state index contributed by atoms with van der Waals surface area (Å²) in [5.74, 6) is 0.368. The summed E-state index contributed by atoms with van der Waals surface area (Å²) in [5.41, 5.74) is 3.31. The SMILES string of the molecule is CC.CCCCCc1ccccc1CO.Cc1ccccc1O. The van der Waals surface area contributed by atoms with Crippen LogP contribution in [0.2, 0.25) is 0 Å². The molecule has 2 heteroatoms. The molecule has 0 unspecified atom stereocenters.